The van der Waals surface area contributed by atoms with Gasteiger partial charge < -0.3 is 15.2 Å². The van der Waals surface area contributed by atoms with Gasteiger partial charge in [-0.25, -0.2) is 14.8 Å². The molecule has 1 aromatic carbocycles. The Morgan fingerprint density at radius 1 is 1.28 bits per heavy atom. The van der Waals surface area contributed by atoms with Crippen molar-refractivity contribution in [2.45, 2.75) is 37.8 Å². The Balaban J connectivity index is 1.64. The maximum absolute atomic E-state index is 13.3. The molecule has 0 bridgehead atoms. The summed E-state index contributed by atoms with van der Waals surface area (Å²) in [5.41, 5.74) is 1.01. The molecule has 2 aliphatic rings. The second-order valence-electron chi connectivity index (χ2n) is 8.32. The molecule has 3 aromatic rings. The average molecular weight is 475 g/mol. The molecule has 8 nitrogen and oxygen atoms in total. The van der Waals surface area contributed by atoms with Crippen LogP contribution in [0.2, 0.25) is 10.2 Å². The van der Waals surface area contributed by atoms with Gasteiger partial charge in [-0.1, -0.05) is 23.2 Å². The number of anilines is 1. The largest absolute Gasteiger partial charge is 0.476 e. The fraction of sp³-hybridized carbons (Fsp3) is 0.364. The fourth-order valence-corrected chi connectivity index (χ4v) is 5.08. The number of aromatic nitrogens is 3. The van der Waals surface area contributed by atoms with E-state index in [1.54, 1.807) is 22.8 Å². The van der Waals surface area contributed by atoms with E-state index in [2.05, 4.69) is 10.3 Å². The van der Waals surface area contributed by atoms with Crippen LogP contribution in [0.15, 0.2) is 29.1 Å². The zero-order valence-corrected chi connectivity index (χ0v) is 18.7. The lowest BCUT2D eigenvalue weighted by Crippen LogP contribution is -2.29. The first kappa shape index (κ1) is 21.2. The summed E-state index contributed by atoms with van der Waals surface area (Å²) in [6.45, 7) is 3.67. The van der Waals surface area contributed by atoms with Gasteiger partial charge in [-0.15, -0.1) is 0 Å². The SMILES string of the molecule is C[C@@H](Nc1ccc(Cl)nc1C(=O)O)c1cc(Cl)cc2c(=O)n3c(nc12)[C@]1(CCOC1)CC3. The Morgan fingerprint density at radius 2 is 2.09 bits per heavy atom. The predicted octanol–water partition coefficient (Wildman–Crippen LogP) is 4.03. The van der Waals surface area contributed by atoms with Crippen molar-refractivity contribution in [1.29, 1.82) is 0 Å². The van der Waals surface area contributed by atoms with Gasteiger partial charge in [-0.05, 0) is 44.0 Å². The lowest BCUT2D eigenvalue weighted by Gasteiger charge is -2.22. The average Bonchev–Trinajstić information content (AvgIpc) is 3.37. The van der Waals surface area contributed by atoms with E-state index in [9.17, 15) is 14.7 Å². The quantitative estimate of drug-likeness (QED) is 0.549. The van der Waals surface area contributed by atoms with Crippen LogP contribution in [-0.2, 0) is 16.7 Å². The molecular weight excluding hydrogens is 455 g/mol. The summed E-state index contributed by atoms with van der Waals surface area (Å²) < 4.78 is 7.39. The van der Waals surface area contributed by atoms with Crippen molar-refractivity contribution in [3.05, 3.63) is 61.9 Å². The number of hydrogen-bond donors (Lipinski definition) is 2. The van der Waals surface area contributed by atoms with Crippen LogP contribution < -0.4 is 10.9 Å². The number of nitrogens with one attached hydrogen (secondary N) is 1. The fourth-order valence-electron chi connectivity index (χ4n) is 4.70. The molecule has 2 aliphatic heterocycles. The first-order chi connectivity index (χ1) is 15.3. The van der Waals surface area contributed by atoms with Crippen LogP contribution in [0.5, 0.6) is 0 Å². The summed E-state index contributed by atoms with van der Waals surface area (Å²) in [5, 5.41) is 13.6. The van der Waals surface area contributed by atoms with E-state index in [0.717, 1.165) is 18.7 Å². The van der Waals surface area contributed by atoms with Gasteiger partial charge in [0.2, 0.25) is 0 Å². The molecule has 1 saturated heterocycles. The Labute approximate surface area is 193 Å². The molecule has 1 fully saturated rings. The highest BCUT2D eigenvalue weighted by atomic mass is 35.5. The van der Waals surface area contributed by atoms with Crippen molar-refractivity contribution in [1.82, 2.24) is 14.5 Å². The normalized spacial score (nSPS) is 20.6. The first-order valence-corrected chi connectivity index (χ1v) is 11.0. The van der Waals surface area contributed by atoms with E-state index < -0.39 is 12.0 Å². The second-order valence-corrected chi connectivity index (χ2v) is 9.14. The minimum Gasteiger partial charge on any atom is -0.476 e. The van der Waals surface area contributed by atoms with Gasteiger partial charge in [0.15, 0.2) is 5.69 Å². The zero-order valence-electron chi connectivity index (χ0n) is 17.2. The smallest absolute Gasteiger partial charge is 0.356 e. The number of pyridine rings is 1. The molecule has 32 heavy (non-hydrogen) atoms. The summed E-state index contributed by atoms with van der Waals surface area (Å²) in [7, 11) is 0. The topological polar surface area (TPSA) is 106 Å². The summed E-state index contributed by atoms with van der Waals surface area (Å²) >= 11 is 12.2. The molecule has 166 valence electrons. The number of carboxylic acid groups (broad SMARTS) is 1. The van der Waals surface area contributed by atoms with Gasteiger partial charge in [0.1, 0.15) is 11.0 Å². The van der Waals surface area contributed by atoms with Gasteiger partial charge in [0.05, 0.1) is 34.7 Å². The van der Waals surface area contributed by atoms with E-state index in [1.165, 1.54) is 6.07 Å². The van der Waals surface area contributed by atoms with Crippen molar-refractivity contribution >= 4 is 45.8 Å². The van der Waals surface area contributed by atoms with Crippen LogP contribution in [0.1, 0.15) is 47.7 Å². The molecule has 2 aromatic heterocycles. The number of nitrogens with zero attached hydrogens (tertiary/aromatic N) is 3. The third-order valence-electron chi connectivity index (χ3n) is 6.35. The van der Waals surface area contributed by atoms with Crippen LogP contribution in [0.3, 0.4) is 0 Å². The molecule has 0 saturated carbocycles. The number of benzene rings is 1. The van der Waals surface area contributed by atoms with E-state index >= 15 is 0 Å². The number of hydrogen-bond acceptors (Lipinski definition) is 6. The maximum Gasteiger partial charge on any atom is 0.356 e. The van der Waals surface area contributed by atoms with Crippen molar-refractivity contribution in [2.24, 2.45) is 0 Å². The third-order valence-corrected chi connectivity index (χ3v) is 6.78. The molecule has 0 amide bonds. The number of ether oxygens (including phenoxy) is 1. The van der Waals surface area contributed by atoms with Crippen LogP contribution in [0, 0.1) is 0 Å². The zero-order chi connectivity index (χ0) is 22.6. The van der Waals surface area contributed by atoms with Crippen molar-refractivity contribution in [3.8, 4) is 0 Å². The number of halogens is 2. The minimum atomic E-state index is -1.20. The molecule has 5 rings (SSSR count). The number of carbonyl (C=O) groups is 1. The number of aromatic carboxylic acids is 1. The van der Waals surface area contributed by atoms with E-state index in [1.807, 2.05) is 6.92 Å². The maximum atomic E-state index is 13.3. The summed E-state index contributed by atoms with van der Waals surface area (Å²) in [6.07, 6.45) is 1.65. The van der Waals surface area contributed by atoms with Crippen LogP contribution >= 0.6 is 23.2 Å². The third kappa shape index (κ3) is 3.34. The Bertz CT molecular complexity index is 1320. The Hall–Kier alpha value is -2.68. The molecule has 2 N–H and O–H groups in total. The van der Waals surface area contributed by atoms with Crippen molar-refractivity contribution in [2.75, 3.05) is 18.5 Å². The van der Waals surface area contributed by atoms with Crippen molar-refractivity contribution < 1.29 is 14.6 Å². The highest BCUT2D eigenvalue weighted by molar-refractivity contribution is 6.31. The molecule has 0 unspecified atom stereocenters. The van der Waals surface area contributed by atoms with Gasteiger partial charge in [-0.3, -0.25) is 9.36 Å². The van der Waals surface area contributed by atoms with Crippen molar-refractivity contribution in [3.63, 3.8) is 0 Å². The number of fused-ring (bicyclic) bond motifs is 3. The lowest BCUT2D eigenvalue weighted by atomic mass is 9.85. The molecule has 1 spiro atoms. The molecule has 10 heteroatoms. The van der Waals surface area contributed by atoms with Gasteiger partial charge in [-0.2, -0.15) is 0 Å². The molecule has 0 radical (unpaired) electrons. The molecule has 0 aliphatic carbocycles. The van der Waals surface area contributed by atoms with Gasteiger partial charge >= 0.3 is 5.97 Å². The van der Waals surface area contributed by atoms with Crippen LogP contribution in [0.4, 0.5) is 5.69 Å². The van der Waals surface area contributed by atoms with Crippen LogP contribution in [0.25, 0.3) is 10.9 Å². The number of rotatable bonds is 4. The van der Waals surface area contributed by atoms with E-state index in [4.69, 9.17) is 32.9 Å². The predicted molar refractivity (Wildman–Crippen MR) is 121 cm³/mol. The second kappa shape index (κ2) is 7.72. The van der Waals surface area contributed by atoms with Gasteiger partial charge in [0.25, 0.3) is 5.56 Å². The Kier molecular flexibility index (Phi) is 5.11. The Morgan fingerprint density at radius 3 is 2.81 bits per heavy atom. The monoisotopic (exact) mass is 474 g/mol. The summed E-state index contributed by atoms with van der Waals surface area (Å²) in [6, 6.07) is 6.05. The lowest BCUT2D eigenvalue weighted by molar-refractivity contribution is 0.0691. The molecular formula is C22H20Cl2N4O4. The van der Waals surface area contributed by atoms with E-state index in [0.29, 0.717) is 46.9 Å². The minimum absolute atomic E-state index is 0.0862. The highest BCUT2D eigenvalue weighted by Gasteiger charge is 2.44. The summed E-state index contributed by atoms with van der Waals surface area (Å²) in [5.74, 6) is -0.446. The first-order valence-electron chi connectivity index (χ1n) is 10.3. The molecule has 2 atom stereocenters. The van der Waals surface area contributed by atoms with Crippen LogP contribution in [-0.4, -0.2) is 38.8 Å². The van der Waals surface area contributed by atoms with E-state index in [-0.39, 0.29) is 21.8 Å². The van der Waals surface area contributed by atoms with Gasteiger partial charge in [0, 0.05) is 23.7 Å². The summed E-state index contributed by atoms with van der Waals surface area (Å²) in [4.78, 5) is 33.8. The molecule has 4 heterocycles. The highest BCUT2D eigenvalue weighted by Crippen LogP contribution is 2.41. The number of carboxylic acids is 1. The standard InChI is InChI=1S/C22H20Cl2N4O4/c1-11(25-15-2-3-16(24)26-18(15)20(30)31)13-8-12(23)9-14-17(13)27-21-22(5-7-32-10-22)4-6-28(21)19(14)29/h2-3,8-9,11,25H,4-7,10H2,1H3,(H,30,31)/t11-,22+/m1/s1.